The minimum Gasteiger partial charge on any atom is -0.399 e. The molecular formula is C10H10ClN3. The molecule has 0 aliphatic rings. The van der Waals surface area contributed by atoms with Gasteiger partial charge in [-0.25, -0.2) is 0 Å². The average molecular weight is 208 g/mol. The molecule has 0 aliphatic carbocycles. The zero-order valence-electron chi connectivity index (χ0n) is 7.57. The molecule has 0 aliphatic heterocycles. The highest BCUT2D eigenvalue weighted by Gasteiger charge is 2.07. The van der Waals surface area contributed by atoms with Crippen molar-refractivity contribution >= 4 is 28.2 Å². The Morgan fingerprint density at radius 2 is 2.36 bits per heavy atom. The minimum absolute atomic E-state index is 0.481. The van der Waals surface area contributed by atoms with Gasteiger partial charge in [-0.2, -0.15) is 5.10 Å². The standard InChI is InChI=1S/C10H10ClN3/c1-2-5-14-9-4-3-7(12)6-8(9)10(11)13-14/h2-4,6H,1,5,12H2. The Hall–Kier alpha value is -1.48. The molecule has 0 radical (unpaired) electrons. The first-order valence-corrected chi connectivity index (χ1v) is 4.62. The molecule has 1 aromatic carbocycles. The number of nitrogens with two attached hydrogens (primary N) is 1. The summed E-state index contributed by atoms with van der Waals surface area (Å²) in [5.41, 5.74) is 7.33. The number of fused-ring (bicyclic) bond motifs is 1. The first kappa shape index (κ1) is 9.09. The molecule has 4 heteroatoms. The molecule has 0 saturated heterocycles. The van der Waals surface area contributed by atoms with Crippen LogP contribution in [0.15, 0.2) is 30.9 Å². The number of benzene rings is 1. The summed E-state index contributed by atoms with van der Waals surface area (Å²) in [5, 5.41) is 5.54. The Morgan fingerprint density at radius 1 is 1.57 bits per heavy atom. The van der Waals surface area contributed by atoms with Crippen LogP contribution in [0.2, 0.25) is 5.15 Å². The molecular weight excluding hydrogens is 198 g/mol. The lowest BCUT2D eigenvalue weighted by molar-refractivity contribution is 0.729. The van der Waals surface area contributed by atoms with E-state index in [1.165, 1.54) is 0 Å². The summed E-state index contributed by atoms with van der Waals surface area (Å²) in [4.78, 5) is 0. The van der Waals surface area contributed by atoms with Crippen LogP contribution in [0.4, 0.5) is 5.69 Å². The summed E-state index contributed by atoms with van der Waals surface area (Å²) in [6, 6.07) is 5.57. The van der Waals surface area contributed by atoms with Gasteiger partial charge in [0.15, 0.2) is 5.15 Å². The summed E-state index contributed by atoms with van der Waals surface area (Å²) in [7, 11) is 0. The SMILES string of the molecule is C=CCn1nc(Cl)c2cc(N)ccc21. The third kappa shape index (κ3) is 1.36. The van der Waals surface area contributed by atoms with Crippen LogP contribution in [0.1, 0.15) is 0 Å². The van der Waals surface area contributed by atoms with Crippen LogP contribution < -0.4 is 5.73 Å². The van der Waals surface area contributed by atoms with Gasteiger partial charge in [0.1, 0.15) is 0 Å². The maximum Gasteiger partial charge on any atom is 0.159 e. The van der Waals surface area contributed by atoms with E-state index >= 15 is 0 Å². The summed E-state index contributed by atoms with van der Waals surface area (Å²) in [6.45, 7) is 4.31. The number of nitrogens with zero attached hydrogens (tertiary/aromatic N) is 2. The van der Waals surface area contributed by atoms with Gasteiger partial charge in [0.25, 0.3) is 0 Å². The van der Waals surface area contributed by atoms with E-state index in [0.29, 0.717) is 17.4 Å². The smallest absolute Gasteiger partial charge is 0.159 e. The van der Waals surface area contributed by atoms with E-state index in [4.69, 9.17) is 17.3 Å². The minimum atomic E-state index is 0.481. The molecule has 0 atom stereocenters. The molecule has 1 aromatic heterocycles. The monoisotopic (exact) mass is 207 g/mol. The van der Waals surface area contributed by atoms with Gasteiger partial charge < -0.3 is 5.73 Å². The highest BCUT2D eigenvalue weighted by Crippen LogP contribution is 2.24. The Bertz CT molecular complexity index is 487. The summed E-state index contributed by atoms with van der Waals surface area (Å²) < 4.78 is 1.80. The largest absolute Gasteiger partial charge is 0.399 e. The molecule has 14 heavy (non-hydrogen) atoms. The lowest BCUT2D eigenvalue weighted by Crippen LogP contribution is -1.96. The van der Waals surface area contributed by atoms with Gasteiger partial charge in [0, 0.05) is 11.1 Å². The maximum absolute atomic E-state index is 5.96. The van der Waals surface area contributed by atoms with E-state index in [2.05, 4.69) is 11.7 Å². The molecule has 0 spiro atoms. The highest BCUT2D eigenvalue weighted by molar-refractivity contribution is 6.34. The van der Waals surface area contributed by atoms with Gasteiger partial charge in [-0.15, -0.1) is 6.58 Å². The van der Waals surface area contributed by atoms with Gasteiger partial charge in [0.2, 0.25) is 0 Å². The molecule has 0 unspecified atom stereocenters. The van der Waals surface area contributed by atoms with Crippen LogP contribution in [0.25, 0.3) is 10.9 Å². The fourth-order valence-electron chi connectivity index (χ4n) is 1.42. The maximum atomic E-state index is 5.96. The lowest BCUT2D eigenvalue weighted by Gasteiger charge is -1.98. The summed E-state index contributed by atoms with van der Waals surface area (Å²) >= 11 is 5.96. The van der Waals surface area contributed by atoms with E-state index in [1.54, 1.807) is 10.8 Å². The van der Waals surface area contributed by atoms with Crippen molar-refractivity contribution < 1.29 is 0 Å². The quantitative estimate of drug-likeness (QED) is 0.607. The lowest BCUT2D eigenvalue weighted by atomic mass is 10.2. The first-order valence-electron chi connectivity index (χ1n) is 4.25. The molecule has 2 N–H and O–H groups in total. The van der Waals surface area contributed by atoms with Crippen molar-refractivity contribution in [2.45, 2.75) is 6.54 Å². The van der Waals surface area contributed by atoms with Crippen molar-refractivity contribution in [3.05, 3.63) is 36.0 Å². The molecule has 0 saturated carbocycles. The Labute approximate surface area is 86.8 Å². The van der Waals surface area contributed by atoms with Crippen LogP contribution in [0.3, 0.4) is 0 Å². The Balaban J connectivity index is 2.70. The van der Waals surface area contributed by atoms with Crippen molar-refractivity contribution in [1.82, 2.24) is 9.78 Å². The van der Waals surface area contributed by atoms with E-state index in [1.807, 2.05) is 18.2 Å². The van der Waals surface area contributed by atoms with Crippen LogP contribution >= 0.6 is 11.6 Å². The van der Waals surface area contributed by atoms with Gasteiger partial charge in [-0.1, -0.05) is 17.7 Å². The topological polar surface area (TPSA) is 43.8 Å². The number of halogens is 1. The number of anilines is 1. The van der Waals surface area contributed by atoms with E-state index in [0.717, 1.165) is 10.9 Å². The average Bonchev–Trinajstić information content (AvgIpc) is 2.44. The van der Waals surface area contributed by atoms with Gasteiger partial charge in [0.05, 0.1) is 12.1 Å². The van der Waals surface area contributed by atoms with Gasteiger partial charge in [-0.05, 0) is 18.2 Å². The zero-order chi connectivity index (χ0) is 10.1. The Morgan fingerprint density at radius 3 is 3.07 bits per heavy atom. The number of hydrogen-bond donors (Lipinski definition) is 1. The van der Waals surface area contributed by atoms with Crippen LogP contribution in [0.5, 0.6) is 0 Å². The predicted octanol–water partition coefficient (Wildman–Crippen LogP) is 2.46. The second kappa shape index (κ2) is 3.35. The number of aromatic nitrogens is 2. The second-order valence-corrected chi connectivity index (χ2v) is 3.40. The van der Waals surface area contributed by atoms with Crippen molar-refractivity contribution in [1.29, 1.82) is 0 Å². The van der Waals surface area contributed by atoms with Crippen LogP contribution in [-0.2, 0) is 6.54 Å². The van der Waals surface area contributed by atoms with Crippen molar-refractivity contribution in [2.24, 2.45) is 0 Å². The fraction of sp³-hybridized carbons (Fsp3) is 0.100. The molecule has 0 fully saturated rings. The zero-order valence-corrected chi connectivity index (χ0v) is 8.33. The molecule has 0 amide bonds. The van der Waals surface area contributed by atoms with Gasteiger partial charge >= 0.3 is 0 Å². The third-order valence-corrected chi connectivity index (χ3v) is 2.31. The molecule has 72 valence electrons. The number of rotatable bonds is 2. The first-order chi connectivity index (χ1) is 6.72. The van der Waals surface area contributed by atoms with Crippen molar-refractivity contribution in [2.75, 3.05) is 5.73 Å². The molecule has 2 aromatic rings. The highest BCUT2D eigenvalue weighted by atomic mass is 35.5. The van der Waals surface area contributed by atoms with E-state index in [9.17, 15) is 0 Å². The number of hydrogen-bond acceptors (Lipinski definition) is 2. The normalized spacial score (nSPS) is 10.6. The van der Waals surface area contributed by atoms with Crippen molar-refractivity contribution in [3.8, 4) is 0 Å². The fourth-order valence-corrected chi connectivity index (χ4v) is 1.66. The van der Waals surface area contributed by atoms with Crippen LogP contribution in [0, 0.1) is 0 Å². The molecule has 0 bridgehead atoms. The number of nitrogen functional groups attached to an aromatic ring is 1. The van der Waals surface area contributed by atoms with Gasteiger partial charge in [-0.3, -0.25) is 4.68 Å². The Kier molecular flexibility index (Phi) is 2.17. The summed E-state index contributed by atoms with van der Waals surface area (Å²) in [5.74, 6) is 0. The third-order valence-electron chi connectivity index (χ3n) is 2.03. The molecule has 3 nitrogen and oxygen atoms in total. The van der Waals surface area contributed by atoms with Crippen molar-refractivity contribution in [3.63, 3.8) is 0 Å². The van der Waals surface area contributed by atoms with Crippen LogP contribution in [-0.4, -0.2) is 9.78 Å². The van der Waals surface area contributed by atoms with E-state index < -0.39 is 0 Å². The number of allylic oxidation sites excluding steroid dienone is 1. The predicted molar refractivity (Wildman–Crippen MR) is 59.4 cm³/mol. The summed E-state index contributed by atoms with van der Waals surface area (Å²) in [6.07, 6.45) is 1.78. The van der Waals surface area contributed by atoms with E-state index in [-0.39, 0.29) is 0 Å². The molecule has 2 rings (SSSR count). The molecule has 1 heterocycles. The second-order valence-electron chi connectivity index (χ2n) is 3.04.